The van der Waals surface area contributed by atoms with Crippen LogP contribution in [0.4, 0.5) is 4.39 Å². The van der Waals surface area contributed by atoms with Crippen LogP contribution in [0.1, 0.15) is 25.5 Å². The summed E-state index contributed by atoms with van der Waals surface area (Å²) in [7, 11) is 1.40. The highest BCUT2D eigenvalue weighted by atomic mass is 19.1. The molecule has 0 aliphatic carbocycles. The van der Waals surface area contributed by atoms with Crippen LogP contribution in [0, 0.1) is 5.82 Å². The summed E-state index contributed by atoms with van der Waals surface area (Å²) in [5.74, 6) is -0.482. The van der Waals surface area contributed by atoms with Crippen molar-refractivity contribution in [2.75, 3.05) is 20.2 Å². The highest BCUT2D eigenvalue weighted by Gasteiger charge is 2.40. The molecule has 0 unspecified atom stereocenters. The van der Waals surface area contributed by atoms with Gasteiger partial charge in [0.1, 0.15) is 5.82 Å². The fourth-order valence-corrected chi connectivity index (χ4v) is 3.19. The summed E-state index contributed by atoms with van der Waals surface area (Å²) in [6.07, 6.45) is 1.98. The molecule has 1 N–H and O–H groups in total. The average Bonchev–Trinajstić information content (AvgIpc) is 3.03. The molecule has 2 heterocycles. The average molecular weight is 290 g/mol. The molecule has 4 nitrogen and oxygen atoms in total. The molecule has 3 rings (SSSR count). The SMILES string of the molecule is COC(=O)CN1CCC[C@]1(C)c1cc2ccc(F)cc2[nH]1. The predicted molar refractivity (Wildman–Crippen MR) is 78.4 cm³/mol. The van der Waals surface area contributed by atoms with Crippen LogP contribution in [0.3, 0.4) is 0 Å². The molecule has 1 fully saturated rings. The molecule has 1 aromatic carbocycles. The molecule has 1 aliphatic heterocycles. The maximum atomic E-state index is 13.3. The number of carbonyl (C=O) groups is 1. The van der Waals surface area contributed by atoms with E-state index in [-0.39, 0.29) is 23.9 Å². The van der Waals surface area contributed by atoms with E-state index in [0.717, 1.165) is 36.0 Å². The summed E-state index contributed by atoms with van der Waals surface area (Å²) < 4.78 is 18.1. The standard InChI is InChI=1S/C16H19FN2O2/c1-16(6-3-7-19(16)10-15(20)21-2)14-8-11-4-5-12(17)9-13(11)18-14/h4-5,8-9,18H,3,6-7,10H2,1-2H3/t16-/m1/s1. The van der Waals surface area contributed by atoms with Gasteiger partial charge in [-0.2, -0.15) is 0 Å². The fourth-order valence-electron chi connectivity index (χ4n) is 3.19. The number of likely N-dealkylation sites (tertiary alicyclic amines) is 1. The van der Waals surface area contributed by atoms with Crippen molar-refractivity contribution in [2.24, 2.45) is 0 Å². The van der Waals surface area contributed by atoms with Gasteiger partial charge in [-0.1, -0.05) is 0 Å². The number of halogens is 1. The van der Waals surface area contributed by atoms with E-state index in [1.807, 2.05) is 6.07 Å². The van der Waals surface area contributed by atoms with Crippen molar-refractivity contribution < 1.29 is 13.9 Å². The van der Waals surface area contributed by atoms with Gasteiger partial charge >= 0.3 is 5.97 Å². The number of esters is 1. The topological polar surface area (TPSA) is 45.3 Å². The molecule has 21 heavy (non-hydrogen) atoms. The van der Waals surface area contributed by atoms with Crippen molar-refractivity contribution in [2.45, 2.75) is 25.3 Å². The summed E-state index contributed by atoms with van der Waals surface area (Å²) in [4.78, 5) is 17.0. The molecular formula is C16H19FN2O2. The van der Waals surface area contributed by atoms with Crippen LogP contribution >= 0.6 is 0 Å². The van der Waals surface area contributed by atoms with Gasteiger partial charge in [0.25, 0.3) is 0 Å². The third-order valence-corrected chi connectivity index (χ3v) is 4.50. The monoisotopic (exact) mass is 290 g/mol. The number of rotatable bonds is 3. The van der Waals surface area contributed by atoms with Crippen LogP contribution in [0.2, 0.25) is 0 Å². The lowest BCUT2D eigenvalue weighted by atomic mass is 9.94. The maximum absolute atomic E-state index is 13.3. The zero-order valence-corrected chi connectivity index (χ0v) is 12.3. The lowest BCUT2D eigenvalue weighted by Crippen LogP contribution is -2.42. The fraction of sp³-hybridized carbons (Fsp3) is 0.438. The van der Waals surface area contributed by atoms with E-state index < -0.39 is 0 Å². The lowest BCUT2D eigenvalue weighted by Gasteiger charge is -2.33. The van der Waals surface area contributed by atoms with Gasteiger partial charge in [0.05, 0.1) is 19.2 Å². The van der Waals surface area contributed by atoms with Crippen molar-refractivity contribution >= 4 is 16.9 Å². The van der Waals surface area contributed by atoms with Crippen LogP contribution in [-0.2, 0) is 15.1 Å². The van der Waals surface area contributed by atoms with Gasteiger partial charge in [-0.3, -0.25) is 9.69 Å². The van der Waals surface area contributed by atoms with E-state index in [9.17, 15) is 9.18 Å². The number of aromatic amines is 1. The summed E-state index contributed by atoms with van der Waals surface area (Å²) >= 11 is 0. The molecule has 1 atom stereocenters. The highest BCUT2D eigenvalue weighted by molar-refractivity contribution is 5.80. The van der Waals surface area contributed by atoms with E-state index in [2.05, 4.69) is 16.8 Å². The molecular weight excluding hydrogens is 271 g/mol. The van der Waals surface area contributed by atoms with Crippen LogP contribution in [0.5, 0.6) is 0 Å². The number of fused-ring (bicyclic) bond motifs is 1. The second-order valence-corrected chi connectivity index (χ2v) is 5.79. The van der Waals surface area contributed by atoms with Crippen molar-refractivity contribution in [1.29, 1.82) is 0 Å². The largest absolute Gasteiger partial charge is 0.468 e. The first-order valence-corrected chi connectivity index (χ1v) is 7.13. The van der Waals surface area contributed by atoms with Gasteiger partial charge in [0.2, 0.25) is 0 Å². The Balaban J connectivity index is 1.96. The second-order valence-electron chi connectivity index (χ2n) is 5.79. The Bertz CT molecular complexity index is 682. The number of hydrogen-bond acceptors (Lipinski definition) is 3. The minimum atomic E-state index is -0.251. The minimum Gasteiger partial charge on any atom is -0.468 e. The first-order chi connectivity index (χ1) is 10.0. The Morgan fingerprint density at radius 3 is 3.05 bits per heavy atom. The van der Waals surface area contributed by atoms with Gasteiger partial charge in [0.15, 0.2) is 0 Å². The van der Waals surface area contributed by atoms with E-state index >= 15 is 0 Å². The highest BCUT2D eigenvalue weighted by Crippen LogP contribution is 2.39. The number of hydrogen-bond donors (Lipinski definition) is 1. The number of methoxy groups -OCH3 is 1. The molecule has 0 spiro atoms. The number of carbonyl (C=O) groups excluding carboxylic acids is 1. The molecule has 0 bridgehead atoms. The molecule has 1 saturated heterocycles. The Hall–Kier alpha value is -1.88. The van der Waals surface area contributed by atoms with E-state index in [4.69, 9.17) is 4.74 Å². The third-order valence-electron chi connectivity index (χ3n) is 4.50. The maximum Gasteiger partial charge on any atom is 0.319 e. The number of H-pyrrole nitrogens is 1. The van der Waals surface area contributed by atoms with Gasteiger partial charge in [-0.25, -0.2) is 4.39 Å². The van der Waals surface area contributed by atoms with Crippen LogP contribution in [0.25, 0.3) is 10.9 Å². The molecule has 5 heteroatoms. The van der Waals surface area contributed by atoms with Crippen molar-refractivity contribution in [3.8, 4) is 0 Å². The summed E-state index contributed by atoms with van der Waals surface area (Å²) in [6, 6.07) is 6.78. The lowest BCUT2D eigenvalue weighted by molar-refractivity contribution is -0.143. The normalized spacial score (nSPS) is 22.8. The zero-order valence-electron chi connectivity index (χ0n) is 12.3. The third kappa shape index (κ3) is 2.42. The van der Waals surface area contributed by atoms with Crippen LogP contribution in [0.15, 0.2) is 24.3 Å². The molecule has 0 radical (unpaired) electrons. The quantitative estimate of drug-likeness (QED) is 0.884. The van der Waals surface area contributed by atoms with E-state index in [1.165, 1.54) is 19.2 Å². The minimum absolute atomic E-state index is 0.231. The number of benzene rings is 1. The van der Waals surface area contributed by atoms with E-state index in [1.54, 1.807) is 6.07 Å². The van der Waals surface area contributed by atoms with Crippen molar-refractivity contribution in [1.82, 2.24) is 9.88 Å². The smallest absolute Gasteiger partial charge is 0.319 e. The van der Waals surface area contributed by atoms with Gasteiger partial charge < -0.3 is 9.72 Å². The first kappa shape index (κ1) is 14.1. The Morgan fingerprint density at radius 1 is 1.48 bits per heavy atom. The van der Waals surface area contributed by atoms with Gasteiger partial charge in [0, 0.05) is 11.2 Å². The summed E-state index contributed by atoms with van der Waals surface area (Å²) in [6.45, 7) is 3.25. The zero-order chi connectivity index (χ0) is 15.0. The first-order valence-electron chi connectivity index (χ1n) is 7.13. The molecule has 0 amide bonds. The second kappa shape index (κ2) is 5.15. The Labute approximate surface area is 122 Å². The predicted octanol–water partition coefficient (Wildman–Crippen LogP) is 2.79. The van der Waals surface area contributed by atoms with Crippen LogP contribution in [-0.4, -0.2) is 36.1 Å². The number of nitrogens with zero attached hydrogens (tertiary/aromatic N) is 1. The Kier molecular flexibility index (Phi) is 3.45. The summed E-state index contributed by atoms with van der Waals surface area (Å²) in [5.41, 5.74) is 1.56. The van der Waals surface area contributed by atoms with Gasteiger partial charge in [-0.15, -0.1) is 0 Å². The number of ether oxygens (including phenoxy) is 1. The molecule has 1 aromatic heterocycles. The molecule has 2 aromatic rings. The van der Waals surface area contributed by atoms with Crippen molar-refractivity contribution in [3.63, 3.8) is 0 Å². The molecule has 0 saturated carbocycles. The van der Waals surface area contributed by atoms with Gasteiger partial charge in [-0.05, 0) is 56.0 Å². The van der Waals surface area contributed by atoms with E-state index in [0.29, 0.717) is 0 Å². The number of aromatic nitrogens is 1. The molecule has 112 valence electrons. The summed E-state index contributed by atoms with van der Waals surface area (Å²) in [5, 5.41) is 0.984. The van der Waals surface area contributed by atoms with Crippen LogP contribution < -0.4 is 0 Å². The Morgan fingerprint density at radius 2 is 2.29 bits per heavy atom. The van der Waals surface area contributed by atoms with Crippen molar-refractivity contribution in [3.05, 3.63) is 35.8 Å². The number of nitrogens with one attached hydrogen (secondary N) is 1. The molecule has 1 aliphatic rings.